The number of nitrogens with one attached hydrogen (secondary N) is 1. The zero-order valence-electron chi connectivity index (χ0n) is 12.7. The maximum atomic E-state index is 9.83. The Bertz CT molecular complexity index is 193. The van der Waals surface area contributed by atoms with Gasteiger partial charge in [0.25, 0.3) is 0 Å². The molecular weight excluding hydrogens is 262 g/mol. The third kappa shape index (κ3) is 10.6. The molecule has 1 unspecified atom stereocenters. The van der Waals surface area contributed by atoms with Gasteiger partial charge < -0.3 is 27.2 Å². The van der Waals surface area contributed by atoms with Gasteiger partial charge in [0.15, 0.2) is 0 Å². The smallest absolute Gasteiger partial charge is 0.126 e. The van der Waals surface area contributed by atoms with Crippen LogP contribution in [0.5, 0.6) is 0 Å². The number of ether oxygens (including phenoxy) is 1. The first kappa shape index (κ1) is 19.2. The first-order chi connectivity index (χ1) is 8.68. The van der Waals surface area contributed by atoms with Crippen molar-refractivity contribution < 1.29 is 27.2 Å². The predicted molar refractivity (Wildman–Crippen MR) is 75.0 cm³/mol. The summed E-state index contributed by atoms with van der Waals surface area (Å²) in [5, 5.41) is 9.83. The summed E-state index contributed by atoms with van der Waals surface area (Å²) in [6.07, 6.45) is 11.9. The van der Waals surface area contributed by atoms with E-state index in [0.29, 0.717) is 12.7 Å². The molecule has 2 N–H and O–H groups in total. The van der Waals surface area contributed by atoms with Crippen LogP contribution in [-0.2, 0) is 4.74 Å². The topological polar surface area (TPSA) is 33.9 Å². The maximum absolute atomic E-state index is 9.83. The van der Waals surface area contributed by atoms with Crippen molar-refractivity contribution in [1.82, 2.24) is 0 Å². The second kappa shape index (κ2) is 12.0. The molecule has 4 heteroatoms. The molecule has 0 aromatic rings. The number of hydrogen-bond acceptors (Lipinski definition) is 2. The van der Waals surface area contributed by atoms with Crippen molar-refractivity contribution in [3.8, 4) is 0 Å². The van der Waals surface area contributed by atoms with Crippen LogP contribution >= 0.6 is 0 Å². The molecule has 1 atom stereocenters. The lowest BCUT2D eigenvalue weighted by atomic mass is 9.99. The number of quaternary nitrogens is 1. The van der Waals surface area contributed by atoms with E-state index < -0.39 is 0 Å². The molecule has 0 heterocycles. The van der Waals surface area contributed by atoms with Crippen molar-refractivity contribution in [3.05, 3.63) is 0 Å². The Kier molecular flexibility index (Phi) is 12.1. The highest BCUT2D eigenvalue weighted by Crippen LogP contribution is 2.19. The van der Waals surface area contributed by atoms with Gasteiger partial charge in [-0.2, -0.15) is 0 Å². The molecule has 0 aromatic carbocycles. The fourth-order valence-corrected chi connectivity index (χ4v) is 2.72. The summed E-state index contributed by atoms with van der Waals surface area (Å²) in [5.41, 5.74) is 0. The third-order valence-corrected chi connectivity index (χ3v) is 3.72. The van der Waals surface area contributed by atoms with E-state index in [0.717, 1.165) is 6.54 Å². The lowest BCUT2D eigenvalue weighted by Crippen LogP contribution is -3.07. The van der Waals surface area contributed by atoms with Crippen LogP contribution in [0.25, 0.3) is 0 Å². The van der Waals surface area contributed by atoms with Crippen molar-refractivity contribution in [2.24, 2.45) is 0 Å². The lowest BCUT2D eigenvalue weighted by Gasteiger charge is -2.21. The van der Waals surface area contributed by atoms with E-state index in [4.69, 9.17) is 4.74 Å². The monoisotopic (exact) mass is 293 g/mol. The van der Waals surface area contributed by atoms with Crippen molar-refractivity contribution in [1.29, 1.82) is 0 Å². The fourth-order valence-electron chi connectivity index (χ4n) is 2.72. The molecule has 0 aliphatic heterocycles. The third-order valence-electron chi connectivity index (χ3n) is 3.72. The highest BCUT2D eigenvalue weighted by Gasteiger charge is 2.14. The lowest BCUT2D eigenvalue weighted by molar-refractivity contribution is -0.861. The average molecular weight is 294 g/mol. The Morgan fingerprint density at radius 2 is 1.47 bits per heavy atom. The summed E-state index contributed by atoms with van der Waals surface area (Å²) >= 11 is 0. The van der Waals surface area contributed by atoms with Gasteiger partial charge >= 0.3 is 0 Å². The summed E-state index contributed by atoms with van der Waals surface area (Å²) in [4.78, 5) is 1.28. The molecule has 0 spiro atoms. The van der Waals surface area contributed by atoms with E-state index in [2.05, 4.69) is 14.1 Å². The van der Waals surface area contributed by atoms with E-state index in [1.165, 1.54) is 62.7 Å². The summed E-state index contributed by atoms with van der Waals surface area (Å²) in [6.45, 7) is 1.28. The zero-order chi connectivity index (χ0) is 13.2. The van der Waals surface area contributed by atoms with Crippen LogP contribution in [0.1, 0.15) is 57.8 Å². The molecule has 0 bridgehead atoms. The number of hydrogen-bond donors (Lipinski definition) is 2. The first-order valence-corrected chi connectivity index (χ1v) is 7.77. The van der Waals surface area contributed by atoms with Crippen LogP contribution in [0.2, 0.25) is 0 Å². The van der Waals surface area contributed by atoms with E-state index in [1.54, 1.807) is 0 Å². The van der Waals surface area contributed by atoms with Gasteiger partial charge in [0, 0.05) is 0 Å². The number of aliphatic hydroxyl groups excluding tert-OH is 1. The number of likely N-dealkylation sites (N-methyl/N-ethyl adjacent to an activating group) is 1. The Morgan fingerprint density at radius 3 is 1.95 bits per heavy atom. The molecule has 3 nitrogen and oxygen atoms in total. The minimum absolute atomic E-state index is 0. The van der Waals surface area contributed by atoms with Crippen LogP contribution in [0, 0.1) is 0 Å². The van der Waals surface area contributed by atoms with Crippen LogP contribution in [0.15, 0.2) is 0 Å². The van der Waals surface area contributed by atoms with Crippen LogP contribution in [-0.4, -0.2) is 44.6 Å². The average Bonchev–Trinajstić information content (AvgIpc) is 2.33. The van der Waals surface area contributed by atoms with Gasteiger partial charge in [-0.3, -0.25) is 0 Å². The largest absolute Gasteiger partial charge is 1.00 e. The Balaban J connectivity index is 0.00000324. The Hall–Kier alpha value is 0.170. The second-order valence-corrected chi connectivity index (χ2v) is 6.07. The van der Waals surface area contributed by atoms with Gasteiger partial charge in [-0.25, -0.2) is 0 Å². The van der Waals surface area contributed by atoms with Crippen LogP contribution in [0.3, 0.4) is 0 Å². The standard InChI is InChI=1S/C15H31NO2.ClH/c1-16(2)12-14(17)13-18-15-10-8-6-4-3-5-7-9-11-15;/h14-15,17H,3-13H2,1-2H3;1H. The molecular formula is C15H32ClNO2. The Morgan fingerprint density at radius 1 is 1.00 bits per heavy atom. The second-order valence-electron chi connectivity index (χ2n) is 6.07. The number of halogens is 1. The molecule has 0 radical (unpaired) electrons. The summed E-state index contributed by atoms with van der Waals surface area (Å²) < 4.78 is 5.91. The van der Waals surface area contributed by atoms with Crippen molar-refractivity contribution in [2.45, 2.75) is 70.0 Å². The maximum Gasteiger partial charge on any atom is 0.126 e. The number of rotatable bonds is 5. The van der Waals surface area contributed by atoms with Gasteiger partial charge in [0.1, 0.15) is 12.6 Å². The summed E-state index contributed by atoms with van der Waals surface area (Å²) in [6, 6.07) is 0. The summed E-state index contributed by atoms with van der Waals surface area (Å²) in [5.74, 6) is 0. The van der Waals surface area contributed by atoms with Gasteiger partial charge in [-0.1, -0.05) is 44.9 Å². The SMILES string of the molecule is C[NH+](C)CC(O)COC1CCCCCCCCC1.[Cl-]. The minimum atomic E-state index is -0.314. The van der Waals surface area contributed by atoms with E-state index >= 15 is 0 Å². The summed E-state index contributed by atoms with van der Waals surface area (Å²) in [7, 11) is 4.12. The van der Waals surface area contributed by atoms with Gasteiger partial charge in [-0.05, 0) is 12.8 Å². The van der Waals surface area contributed by atoms with Crippen molar-refractivity contribution in [2.75, 3.05) is 27.2 Å². The molecule has 116 valence electrons. The van der Waals surface area contributed by atoms with Gasteiger partial charge in [0.05, 0.1) is 26.8 Å². The van der Waals surface area contributed by atoms with Gasteiger partial charge in [-0.15, -0.1) is 0 Å². The molecule has 19 heavy (non-hydrogen) atoms. The molecule has 0 aromatic heterocycles. The quantitative estimate of drug-likeness (QED) is 0.641. The normalized spacial score (nSPS) is 20.8. The van der Waals surface area contributed by atoms with Crippen molar-refractivity contribution in [3.63, 3.8) is 0 Å². The molecule has 0 saturated heterocycles. The van der Waals surface area contributed by atoms with E-state index in [1.807, 2.05) is 0 Å². The minimum Gasteiger partial charge on any atom is -1.00 e. The van der Waals surface area contributed by atoms with E-state index in [-0.39, 0.29) is 18.5 Å². The highest BCUT2D eigenvalue weighted by molar-refractivity contribution is 4.63. The van der Waals surface area contributed by atoms with Crippen LogP contribution in [0.4, 0.5) is 0 Å². The highest BCUT2D eigenvalue weighted by atomic mass is 35.5. The molecule has 1 saturated carbocycles. The first-order valence-electron chi connectivity index (χ1n) is 7.77. The molecule has 1 aliphatic carbocycles. The molecule has 1 fully saturated rings. The van der Waals surface area contributed by atoms with Crippen LogP contribution < -0.4 is 17.3 Å². The molecule has 1 rings (SSSR count). The fraction of sp³-hybridized carbons (Fsp3) is 1.00. The number of aliphatic hydroxyl groups is 1. The van der Waals surface area contributed by atoms with Gasteiger partial charge in [0.2, 0.25) is 0 Å². The molecule has 0 amide bonds. The zero-order valence-corrected chi connectivity index (χ0v) is 13.4. The Labute approximate surface area is 125 Å². The van der Waals surface area contributed by atoms with E-state index in [9.17, 15) is 5.11 Å². The predicted octanol–water partition coefficient (Wildman–Crippen LogP) is -1.59. The molecule has 1 aliphatic rings. The van der Waals surface area contributed by atoms with Crippen molar-refractivity contribution >= 4 is 0 Å².